The predicted molar refractivity (Wildman–Crippen MR) is 137 cm³/mol. The molecule has 0 aromatic heterocycles. The lowest BCUT2D eigenvalue weighted by molar-refractivity contribution is -0.128. The topological polar surface area (TPSA) is 93.8 Å². The van der Waals surface area contributed by atoms with E-state index in [1.54, 1.807) is 4.90 Å². The maximum atomic E-state index is 13.1. The minimum atomic E-state index is -0.630. The van der Waals surface area contributed by atoms with Gasteiger partial charge in [-0.15, -0.1) is 0 Å². The van der Waals surface area contributed by atoms with E-state index in [2.05, 4.69) is 27.1 Å². The predicted octanol–water partition coefficient (Wildman–Crippen LogP) is 2.53. The Balaban J connectivity index is 1.16. The van der Waals surface area contributed by atoms with Crippen molar-refractivity contribution in [2.75, 3.05) is 18.0 Å². The van der Waals surface area contributed by atoms with Crippen LogP contribution in [0.15, 0.2) is 78.9 Å². The fraction of sp³-hybridized carbons (Fsp3) is 0.250. The van der Waals surface area contributed by atoms with E-state index >= 15 is 0 Å². The molecule has 2 aliphatic heterocycles. The maximum absolute atomic E-state index is 13.1. The fourth-order valence-electron chi connectivity index (χ4n) is 4.91. The van der Waals surface area contributed by atoms with Gasteiger partial charge in [0.25, 0.3) is 5.91 Å². The molecule has 8 nitrogen and oxygen atoms in total. The smallest absolute Gasteiger partial charge is 0.328 e. The van der Waals surface area contributed by atoms with E-state index in [0.29, 0.717) is 26.1 Å². The van der Waals surface area contributed by atoms with Crippen LogP contribution in [0.25, 0.3) is 0 Å². The number of carbonyl (C=O) groups excluding carboxylic acids is 3. The Morgan fingerprint density at radius 3 is 2.31 bits per heavy atom. The van der Waals surface area contributed by atoms with Gasteiger partial charge in [0.1, 0.15) is 0 Å². The number of nitrogens with zero attached hydrogens (tertiary/aromatic N) is 2. The molecular weight excluding hydrogens is 454 g/mol. The fourth-order valence-corrected chi connectivity index (χ4v) is 4.91. The molecule has 0 bridgehead atoms. The van der Waals surface area contributed by atoms with Gasteiger partial charge in [0.2, 0.25) is 5.91 Å². The zero-order chi connectivity index (χ0) is 24.9. The van der Waals surface area contributed by atoms with Crippen LogP contribution in [0.3, 0.4) is 0 Å². The van der Waals surface area contributed by atoms with Gasteiger partial charge in [0.15, 0.2) is 0 Å². The standard InChI is InChI=1S/C28H29N5O3/c34-26(33-15-14-21-10-6-7-13-24(21)33)17-29-28(36)31-30-27(35)25-16-22-11-4-5-12-23(22)19-32(25)18-20-8-2-1-3-9-20/h1-13,25H,14-19H2,(H,30,35)(H2,29,31,36). The van der Waals surface area contributed by atoms with Gasteiger partial charge in [0, 0.05) is 25.3 Å². The largest absolute Gasteiger partial charge is 0.333 e. The molecule has 184 valence electrons. The van der Waals surface area contributed by atoms with E-state index in [9.17, 15) is 14.4 Å². The summed E-state index contributed by atoms with van der Waals surface area (Å²) in [5.41, 5.74) is 10.4. The molecule has 0 saturated heterocycles. The number of hydrogen-bond donors (Lipinski definition) is 3. The van der Waals surface area contributed by atoms with Gasteiger partial charge in [-0.25, -0.2) is 10.2 Å². The summed E-state index contributed by atoms with van der Waals surface area (Å²) in [7, 11) is 0. The van der Waals surface area contributed by atoms with E-state index in [1.165, 1.54) is 5.56 Å². The zero-order valence-corrected chi connectivity index (χ0v) is 19.9. The summed E-state index contributed by atoms with van der Waals surface area (Å²) in [6.07, 6.45) is 1.35. The summed E-state index contributed by atoms with van der Waals surface area (Å²) in [5.74, 6) is -0.491. The second-order valence-electron chi connectivity index (χ2n) is 9.10. The highest BCUT2D eigenvalue weighted by molar-refractivity contribution is 5.98. The Kier molecular flexibility index (Phi) is 6.95. The van der Waals surface area contributed by atoms with Gasteiger partial charge < -0.3 is 10.2 Å². The Labute approximate surface area is 210 Å². The molecule has 36 heavy (non-hydrogen) atoms. The van der Waals surface area contributed by atoms with Crippen molar-refractivity contribution in [3.8, 4) is 0 Å². The number of nitrogens with one attached hydrogen (secondary N) is 3. The Bertz CT molecular complexity index is 1260. The third-order valence-electron chi connectivity index (χ3n) is 6.76. The second-order valence-corrected chi connectivity index (χ2v) is 9.10. The van der Waals surface area contributed by atoms with Gasteiger partial charge in [-0.3, -0.25) is 19.9 Å². The van der Waals surface area contributed by atoms with Crippen LogP contribution in [0, 0.1) is 0 Å². The lowest BCUT2D eigenvalue weighted by atomic mass is 9.93. The SMILES string of the molecule is O=C(NCC(=O)N1CCc2ccccc21)NNC(=O)C1Cc2ccccc2CN1Cc1ccccc1. The molecule has 4 amide bonds. The molecule has 1 atom stereocenters. The minimum Gasteiger partial charge on any atom is -0.328 e. The van der Waals surface area contributed by atoms with E-state index in [4.69, 9.17) is 0 Å². The average molecular weight is 484 g/mol. The van der Waals surface area contributed by atoms with Gasteiger partial charge in [0.05, 0.1) is 12.6 Å². The van der Waals surface area contributed by atoms with Gasteiger partial charge in [-0.2, -0.15) is 0 Å². The van der Waals surface area contributed by atoms with Crippen LogP contribution in [-0.4, -0.2) is 41.9 Å². The third kappa shape index (κ3) is 5.23. The number of anilines is 1. The molecular formula is C28H29N5O3. The average Bonchev–Trinajstić information content (AvgIpc) is 3.35. The normalized spacial score (nSPS) is 16.6. The van der Waals surface area contributed by atoms with Crippen molar-refractivity contribution in [2.24, 2.45) is 0 Å². The number of hydrogen-bond acceptors (Lipinski definition) is 4. The monoisotopic (exact) mass is 483 g/mol. The molecule has 2 aliphatic rings. The van der Waals surface area contributed by atoms with Crippen LogP contribution < -0.4 is 21.1 Å². The highest BCUT2D eigenvalue weighted by atomic mass is 16.2. The summed E-state index contributed by atoms with van der Waals surface area (Å²) in [5, 5.41) is 2.55. The molecule has 0 saturated carbocycles. The number of amides is 4. The molecule has 0 fully saturated rings. The van der Waals surface area contributed by atoms with Crippen molar-refractivity contribution in [3.05, 3.63) is 101 Å². The van der Waals surface area contributed by atoms with Crippen LogP contribution in [0.4, 0.5) is 10.5 Å². The Morgan fingerprint density at radius 2 is 1.50 bits per heavy atom. The van der Waals surface area contributed by atoms with E-state index < -0.39 is 12.1 Å². The molecule has 2 heterocycles. The highest BCUT2D eigenvalue weighted by Gasteiger charge is 2.32. The summed E-state index contributed by atoms with van der Waals surface area (Å²) in [6, 6.07) is 24.8. The first-order chi connectivity index (χ1) is 17.6. The number of rotatable bonds is 5. The number of carbonyl (C=O) groups is 3. The summed E-state index contributed by atoms with van der Waals surface area (Å²) in [6.45, 7) is 1.69. The van der Waals surface area contributed by atoms with Crippen molar-refractivity contribution in [1.82, 2.24) is 21.1 Å². The van der Waals surface area contributed by atoms with Crippen LogP contribution in [0.5, 0.6) is 0 Å². The lowest BCUT2D eigenvalue weighted by Crippen LogP contribution is -2.56. The Hall–Kier alpha value is -4.17. The van der Waals surface area contributed by atoms with Crippen LogP contribution >= 0.6 is 0 Å². The van der Waals surface area contributed by atoms with E-state index in [-0.39, 0.29) is 18.4 Å². The first-order valence-electron chi connectivity index (χ1n) is 12.2. The van der Waals surface area contributed by atoms with Crippen molar-refractivity contribution in [3.63, 3.8) is 0 Å². The zero-order valence-electron chi connectivity index (χ0n) is 19.9. The third-order valence-corrected chi connectivity index (χ3v) is 6.76. The van der Waals surface area contributed by atoms with Gasteiger partial charge in [-0.1, -0.05) is 72.8 Å². The second kappa shape index (κ2) is 10.6. The van der Waals surface area contributed by atoms with Crippen molar-refractivity contribution in [2.45, 2.75) is 32.0 Å². The molecule has 5 rings (SSSR count). The lowest BCUT2D eigenvalue weighted by Gasteiger charge is -2.36. The summed E-state index contributed by atoms with van der Waals surface area (Å²) in [4.78, 5) is 41.9. The summed E-state index contributed by atoms with van der Waals surface area (Å²) < 4.78 is 0. The van der Waals surface area contributed by atoms with E-state index in [1.807, 2.05) is 72.8 Å². The highest BCUT2D eigenvalue weighted by Crippen LogP contribution is 2.27. The molecule has 3 aromatic carbocycles. The van der Waals surface area contributed by atoms with E-state index in [0.717, 1.165) is 28.8 Å². The first kappa shape index (κ1) is 23.6. The molecule has 3 N–H and O–H groups in total. The van der Waals surface area contributed by atoms with Crippen molar-refractivity contribution in [1.29, 1.82) is 0 Å². The van der Waals surface area contributed by atoms with Crippen molar-refractivity contribution < 1.29 is 14.4 Å². The number of urea groups is 1. The molecule has 0 radical (unpaired) electrons. The minimum absolute atomic E-state index is 0.160. The molecule has 1 unspecified atom stereocenters. The molecule has 0 spiro atoms. The number of para-hydroxylation sites is 1. The molecule has 3 aromatic rings. The summed E-state index contributed by atoms with van der Waals surface area (Å²) >= 11 is 0. The number of fused-ring (bicyclic) bond motifs is 2. The molecule has 8 heteroatoms. The molecule has 0 aliphatic carbocycles. The Morgan fingerprint density at radius 1 is 0.806 bits per heavy atom. The first-order valence-corrected chi connectivity index (χ1v) is 12.2. The van der Waals surface area contributed by atoms with Crippen molar-refractivity contribution >= 4 is 23.5 Å². The van der Waals surface area contributed by atoms with Gasteiger partial charge >= 0.3 is 6.03 Å². The number of hydrazine groups is 1. The maximum Gasteiger partial charge on any atom is 0.333 e. The van der Waals surface area contributed by atoms with Crippen LogP contribution in [-0.2, 0) is 35.5 Å². The number of benzene rings is 3. The van der Waals surface area contributed by atoms with Crippen LogP contribution in [0.1, 0.15) is 22.3 Å². The quantitative estimate of drug-likeness (QED) is 0.486. The van der Waals surface area contributed by atoms with Crippen LogP contribution in [0.2, 0.25) is 0 Å². The van der Waals surface area contributed by atoms with Gasteiger partial charge in [-0.05, 0) is 41.2 Å².